The van der Waals surface area contributed by atoms with Gasteiger partial charge in [-0.3, -0.25) is 19.2 Å². The SMILES string of the molecule is CCCCCCCCCCCCCCCC(=O)O[C@@H]1[C@@H](C)[C@]2(O)[C@@H]3C=C(C)C(=O)[C@@H]3CC(C=O)=C[C@H]2[C@@H]2C(C)(C)[C@]12OC(C)=O. The van der Waals surface area contributed by atoms with Crippen molar-refractivity contribution in [3.8, 4) is 0 Å². The summed E-state index contributed by atoms with van der Waals surface area (Å²) in [4.78, 5) is 51.2. The van der Waals surface area contributed by atoms with Gasteiger partial charge in [0.2, 0.25) is 0 Å². The van der Waals surface area contributed by atoms with Crippen LogP contribution in [0.5, 0.6) is 0 Å². The van der Waals surface area contributed by atoms with Crippen LogP contribution in [0.4, 0.5) is 0 Å². The molecule has 7 heteroatoms. The molecule has 1 N–H and O–H groups in total. The lowest BCUT2D eigenvalue weighted by Gasteiger charge is -2.52. The van der Waals surface area contributed by atoms with Crippen molar-refractivity contribution in [1.29, 1.82) is 0 Å². The van der Waals surface area contributed by atoms with E-state index < -0.39 is 52.4 Å². The van der Waals surface area contributed by atoms with Crippen molar-refractivity contribution in [2.75, 3.05) is 0 Å². The molecule has 4 aliphatic rings. The van der Waals surface area contributed by atoms with Crippen molar-refractivity contribution in [3.63, 3.8) is 0 Å². The van der Waals surface area contributed by atoms with Crippen LogP contribution in [0.1, 0.15) is 138 Å². The number of rotatable bonds is 17. The molecule has 4 aliphatic carbocycles. The Labute approximate surface area is 271 Å². The van der Waals surface area contributed by atoms with Gasteiger partial charge < -0.3 is 14.6 Å². The van der Waals surface area contributed by atoms with E-state index in [2.05, 4.69) is 6.92 Å². The van der Waals surface area contributed by atoms with E-state index in [0.717, 1.165) is 25.5 Å². The van der Waals surface area contributed by atoms with Crippen LogP contribution in [-0.2, 0) is 28.7 Å². The van der Waals surface area contributed by atoms with E-state index >= 15 is 0 Å². The van der Waals surface area contributed by atoms with Crippen LogP contribution in [0.15, 0.2) is 23.3 Å². The molecule has 2 fully saturated rings. The first kappa shape index (κ1) is 35.6. The van der Waals surface area contributed by atoms with E-state index in [-0.39, 0.29) is 30.5 Å². The summed E-state index contributed by atoms with van der Waals surface area (Å²) in [7, 11) is 0. The topological polar surface area (TPSA) is 107 Å². The number of allylic oxidation sites excluding steroid dienone is 2. The fraction of sp³-hybridized carbons (Fsp3) is 0.789. The Hall–Kier alpha value is -2.28. The summed E-state index contributed by atoms with van der Waals surface area (Å²) in [6, 6.07) is 0. The van der Waals surface area contributed by atoms with Gasteiger partial charge in [-0.05, 0) is 30.9 Å². The molecular weight excluding hydrogens is 568 g/mol. The third-order valence-corrected chi connectivity index (χ3v) is 11.8. The summed E-state index contributed by atoms with van der Waals surface area (Å²) < 4.78 is 12.3. The van der Waals surface area contributed by atoms with Crippen molar-refractivity contribution in [1.82, 2.24) is 0 Å². The van der Waals surface area contributed by atoms with E-state index in [9.17, 15) is 24.3 Å². The molecule has 0 radical (unpaired) electrons. The highest BCUT2D eigenvalue weighted by Crippen LogP contribution is 2.76. The van der Waals surface area contributed by atoms with Crippen LogP contribution < -0.4 is 0 Å². The second kappa shape index (κ2) is 14.6. The average molecular weight is 627 g/mol. The number of fused-ring (bicyclic) bond motifs is 5. The van der Waals surface area contributed by atoms with Gasteiger partial charge in [-0.25, -0.2) is 0 Å². The van der Waals surface area contributed by atoms with Crippen LogP contribution in [0.25, 0.3) is 0 Å². The van der Waals surface area contributed by atoms with Gasteiger partial charge in [0, 0.05) is 48.3 Å². The highest BCUT2D eigenvalue weighted by Gasteiger charge is 2.87. The second-order valence-corrected chi connectivity index (χ2v) is 15.1. The van der Waals surface area contributed by atoms with E-state index in [4.69, 9.17) is 9.47 Å². The summed E-state index contributed by atoms with van der Waals surface area (Å²) in [5.41, 5.74) is -2.17. The number of carbonyl (C=O) groups excluding carboxylic acids is 4. The number of aldehydes is 1. The molecule has 8 atom stereocenters. The molecule has 7 nitrogen and oxygen atoms in total. The number of esters is 2. The Morgan fingerprint density at radius 1 is 0.933 bits per heavy atom. The zero-order chi connectivity index (χ0) is 33.0. The van der Waals surface area contributed by atoms with Gasteiger partial charge in [-0.2, -0.15) is 0 Å². The van der Waals surface area contributed by atoms with Crippen LogP contribution in [0.2, 0.25) is 0 Å². The molecule has 0 unspecified atom stereocenters. The number of hydrogen-bond donors (Lipinski definition) is 1. The average Bonchev–Trinajstić information content (AvgIpc) is 3.38. The zero-order valence-corrected chi connectivity index (χ0v) is 28.7. The number of unbranched alkanes of at least 4 members (excludes halogenated alkanes) is 12. The fourth-order valence-corrected chi connectivity index (χ4v) is 9.40. The van der Waals surface area contributed by atoms with Crippen LogP contribution >= 0.6 is 0 Å². The number of aliphatic hydroxyl groups is 1. The molecule has 0 heterocycles. The largest absolute Gasteiger partial charge is 0.458 e. The maximum Gasteiger partial charge on any atom is 0.306 e. The first-order chi connectivity index (χ1) is 21.4. The van der Waals surface area contributed by atoms with Crippen LogP contribution in [0.3, 0.4) is 0 Å². The lowest BCUT2D eigenvalue weighted by molar-refractivity contribution is -0.219. The molecule has 0 aromatic rings. The third-order valence-electron chi connectivity index (χ3n) is 11.8. The van der Waals surface area contributed by atoms with Gasteiger partial charge >= 0.3 is 11.9 Å². The Bertz CT molecular complexity index is 1170. The monoisotopic (exact) mass is 626 g/mol. The molecule has 2 saturated carbocycles. The quantitative estimate of drug-likeness (QED) is 0.101. The maximum atomic E-state index is 13.4. The predicted octanol–water partition coefficient (Wildman–Crippen LogP) is 7.62. The van der Waals surface area contributed by atoms with Crippen molar-refractivity contribution >= 4 is 24.0 Å². The van der Waals surface area contributed by atoms with Gasteiger partial charge in [-0.15, -0.1) is 0 Å². The van der Waals surface area contributed by atoms with Crippen LogP contribution in [-0.4, -0.2) is 46.4 Å². The minimum Gasteiger partial charge on any atom is -0.458 e. The molecule has 45 heavy (non-hydrogen) atoms. The molecule has 252 valence electrons. The number of Topliss-reactive ketones (excluding diaryl/α,β-unsaturated/α-hetero) is 1. The number of ketones is 1. The van der Waals surface area contributed by atoms with E-state index in [0.29, 0.717) is 11.1 Å². The normalized spacial score (nSPS) is 34.4. The molecule has 0 bridgehead atoms. The number of carbonyl (C=O) groups is 4. The Kier molecular flexibility index (Phi) is 11.6. The third kappa shape index (κ3) is 6.75. The molecule has 0 spiro atoms. The molecule has 0 amide bonds. The van der Waals surface area contributed by atoms with Gasteiger partial charge in [0.25, 0.3) is 0 Å². The highest BCUT2D eigenvalue weighted by atomic mass is 16.6. The van der Waals surface area contributed by atoms with Gasteiger partial charge in [-0.1, -0.05) is 117 Å². The van der Waals surface area contributed by atoms with Crippen LogP contribution in [0, 0.1) is 35.0 Å². The number of ether oxygens (including phenoxy) is 2. The molecule has 4 rings (SSSR count). The molecule has 0 aliphatic heterocycles. The number of hydrogen-bond acceptors (Lipinski definition) is 7. The summed E-state index contributed by atoms with van der Waals surface area (Å²) in [5, 5.41) is 12.7. The van der Waals surface area contributed by atoms with Crippen molar-refractivity contribution in [3.05, 3.63) is 23.3 Å². The summed E-state index contributed by atoms with van der Waals surface area (Å²) in [6.45, 7) is 11.2. The predicted molar refractivity (Wildman–Crippen MR) is 174 cm³/mol. The highest BCUT2D eigenvalue weighted by molar-refractivity contribution is 6.00. The lowest BCUT2D eigenvalue weighted by Crippen LogP contribution is -2.63. The first-order valence-corrected chi connectivity index (χ1v) is 17.9. The molecular formula is C38H58O7. The standard InChI is InChI=1S/C38H58O7/c1-7-8-9-10-11-12-13-14-15-16-17-18-19-20-32(41)44-35-26(3)37(43)30-21-25(2)33(42)29(30)22-28(24-39)23-31(37)34-36(5,6)38(34,35)45-27(4)40/h21,23-24,26,29-31,34-35,43H,7-20,22H2,1-6H3/t26-,29-,30-,31+,34-,35-,37+,38-/m1/s1. The lowest BCUT2D eigenvalue weighted by atomic mass is 9.60. The molecule has 0 aromatic carbocycles. The van der Waals surface area contributed by atoms with Gasteiger partial charge in [0.15, 0.2) is 11.4 Å². The van der Waals surface area contributed by atoms with E-state index in [1.54, 1.807) is 6.92 Å². The Morgan fingerprint density at radius 2 is 1.49 bits per heavy atom. The van der Waals surface area contributed by atoms with E-state index in [1.807, 2.05) is 32.9 Å². The van der Waals surface area contributed by atoms with Gasteiger partial charge in [0.1, 0.15) is 12.4 Å². The van der Waals surface area contributed by atoms with Crippen molar-refractivity contribution < 1.29 is 33.8 Å². The Morgan fingerprint density at radius 3 is 2.02 bits per heavy atom. The maximum absolute atomic E-state index is 13.4. The summed E-state index contributed by atoms with van der Waals surface area (Å²) >= 11 is 0. The van der Waals surface area contributed by atoms with Crippen molar-refractivity contribution in [2.24, 2.45) is 35.0 Å². The minimum atomic E-state index is -1.47. The second-order valence-electron chi connectivity index (χ2n) is 15.1. The summed E-state index contributed by atoms with van der Waals surface area (Å²) in [5.74, 6) is -3.56. The van der Waals surface area contributed by atoms with Crippen molar-refractivity contribution in [2.45, 2.75) is 155 Å². The minimum absolute atomic E-state index is 0.0585. The smallest absolute Gasteiger partial charge is 0.306 e. The first-order valence-electron chi connectivity index (χ1n) is 17.9. The fourth-order valence-electron chi connectivity index (χ4n) is 9.40. The zero-order valence-electron chi connectivity index (χ0n) is 28.7. The Balaban J connectivity index is 1.40. The summed E-state index contributed by atoms with van der Waals surface area (Å²) in [6.07, 6.45) is 19.9. The van der Waals surface area contributed by atoms with E-state index in [1.165, 1.54) is 71.1 Å². The molecule has 0 aromatic heterocycles. The van der Waals surface area contributed by atoms with Gasteiger partial charge in [0.05, 0.1) is 5.60 Å². The molecule has 0 saturated heterocycles.